The molecule has 0 unspecified atom stereocenters. The number of aromatic amines is 1. The van der Waals surface area contributed by atoms with E-state index in [2.05, 4.69) is 46.9 Å². The molecular formula is C22H21BrN6O3. The van der Waals surface area contributed by atoms with E-state index in [-0.39, 0.29) is 17.9 Å². The van der Waals surface area contributed by atoms with Crippen LogP contribution in [0.1, 0.15) is 18.7 Å². The van der Waals surface area contributed by atoms with Gasteiger partial charge in [0.2, 0.25) is 17.6 Å². The van der Waals surface area contributed by atoms with E-state index in [1.165, 1.54) is 0 Å². The Kier molecular flexibility index (Phi) is 6.90. The van der Waals surface area contributed by atoms with Gasteiger partial charge >= 0.3 is 0 Å². The van der Waals surface area contributed by atoms with Crippen LogP contribution in [0.25, 0.3) is 22.2 Å². The Morgan fingerprint density at radius 2 is 1.84 bits per heavy atom. The van der Waals surface area contributed by atoms with E-state index in [0.717, 1.165) is 15.4 Å². The van der Waals surface area contributed by atoms with Crippen molar-refractivity contribution in [1.29, 1.82) is 0 Å². The molecule has 0 atom stereocenters. The molecule has 0 spiro atoms. The van der Waals surface area contributed by atoms with Gasteiger partial charge in [-0.25, -0.2) is 5.10 Å². The fourth-order valence-electron chi connectivity index (χ4n) is 3.15. The lowest BCUT2D eigenvalue weighted by Crippen LogP contribution is -2.26. The Balaban J connectivity index is 1.18. The van der Waals surface area contributed by atoms with Crippen molar-refractivity contribution in [3.63, 3.8) is 0 Å². The van der Waals surface area contributed by atoms with Crippen LogP contribution in [-0.4, -0.2) is 39.3 Å². The van der Waals surface area contributed by atoms with Crippen molar-refractivity contribution in [2.75, 3.05) is 18.4 Å². The number of nitrogens with one attached hydrogen (secondary N) is 3. The molecule has 4 rings (SSSR count). The van der Waals surface area contributed by atoms with Crippen LogP contribution in [0.3, 0.4) is 0 Å². The molecule has 32 heavy (non-hydrogen) atoms. The van der Waals surface area contributed by atoms with Crippen LogP contribution in [0.15, 0.2) is 62.3 Å². The van der Waals surface area contributed by atoms with Gasteiger partial charge in [-0.05, 0) is 36.8 Å². The van der Waals surface area contributed by atoms with Crippen LogP contribution in [0.2, 0.25) is 0 Å². The number of H-pyrrole nitrogens is 1. The molecule has 1 amide bonds. The molecule has 10 heteroatoms. The normalized spacial score (nSPS) is 10.9. The highest BCUT2D eigenvalue weighted by molar-refractivity contribution is 9.10. The molecule has 2 heterocycles. The standard InChI is InChI=1S/C22H21BrN6O3/c23-15-8-6-14(7-9-15)20-26-19(32-29-20)11-10-18(30)24-12-3-13-25-21-16-4-1-2-5-17(16)22(31)28-27-21/h1-2,4-9H,3,10-13H2,(H,24,30)(H,25,27)(H,28,31). The summed E-state index contributed by atoms with van der Waals surface area (Å²) in [7, 11) is 0. The quantitative estimate of drug-likeness (QED) is 0.303. The molecule has 0 fully saturated rings. The summed E-state index contributed by atoms with van der Waals surface area (Å²) in [5.41, 5.74) is 0.633. The number of nitrogens with zero attached hydrogens (tertiary/aromatic N) is 3. The van der Waals surface area contributed by atoms with Crippen molar-refractivity contribution < 1.29 is 9.32 Å². The molecule has 0 radical (unpaired) electrons. The molecule has 0 saturated heterocycles. The molecule has 0 saturated carbocycles. The Morgan fingerprint density at radius 1 is 1.06 bits per heavy atom. The summed E-state index contributed by atoms with van der Waals surface area (Å²) in [4.78, 5) is 28.3. The Morgan fingerprint density at radius 3 is 2.66 bits per heavy atom. The van der Waals surface area contributed by atoms with Gasteiger partial charge in [0.1, 0.15) is 0 Å². The number of carbonyl (C=O) groups is 1. The molecule has 0 bridgehead atoms. The number of anilines is 1. The summed E-state index contributed by atoms with van der Waals surface area (Å²) < 4.78 is 6.21. The van der Waals surface area contributed by atoms with Crippen LogP contribution in [0.4, 0.5) is 5.82 Å². The number of fused-ring (bicyclic) bond motifs is 1. The first-order valence-corrected chi connectivity index (χ1v) is 11.0. The predicted molar refractivity (Wildman–Crippen MR) is 124 cm³/mol. The second-order valence-electron chi connectivity index (χ2n) is 7.10. The van der Waals surface area contributed by atoms with E-state index in [9.17, 15) is 9.59 Å². The minimum absolute atomic E-state index is 0.0824. The number of benzene rings is 2. The lowest BCUT2D eigenvalue weighted by Gasteiger charge is -2.08. The largest absolute Gasteiger partial charge is 0.368 e. The fraction of sp³-hybridized carbons (Fsp3) is 0.227. The van der Waals surface area contributed by atoms with Crippen molar-refractivity contribution in [3.8, 4) is 11.4 Å². The van der Waals surface area contributed by atoms with E-state index in [1.807, 2.05) is 42.5 Å². The van der Waals surface area contributed by atoms with Crippen molar-refractivity contribution in [1.82, 2.24) is 25.7 Å². The Labute approximate surface area is 191 Å². The van der Waals surface area contributed by atoms with Gasteiger partial charge in [-0.15, -0.1) is 0 Å². The van der Waals surface area contributed by atoms with Crippen LogP contribution in [0.5, 0.6) is 0 Å². The number of rotatable bonds is 9. The van der Waals surface area contributed by atoms with Crippen molar-refractivity contribution in [3.05, 3.63) is 69.2 Å². The highest BCUT2D eigenvalue weighted by Gasteiger charge is 2.11. The third-order valence-corrected chi connectivity index (χ3v) is 5.33. The number of aromatic nitrogens is 4. The molecule has 2 aromatic heterocycles. The van der Waals surface area contributed by atoms with Gasteiger partial charge in [-0.3, -0.25) is 9.59 Å². The average Bonchev–Trinajstić information content (AvgIpc) is 3.28. The topological polar surface area (TPSA) is 126 Å². The third-order valence-electron chi connectivity index (χ3n) is 4.80. The maximum atomic E-state index is 12.1. The van der Waals surface area contributed by atoms with E-state index < -0.39 is 0 Å². The minimum atomic E-state index is -0.219. The second kappa shape index (κ2) is 10.2. The van der Waals surface area contributed by atoms with Gasteiger partial charge in [-0.1, -0.05) is 39.3 Å². The number of amides is 1. The van der Waals surface area contributed by atoms with Gasteiger partial charge in [0, 0.05) is 41.4 Å². The summed E-state index contributed by atoms with van der Waals surface area (Å²) in [6, 6.07) is 14.9. The molecule has 2 aromatic carbocycles. The summed E-state index contributed by atoms with van der Waals surface area (Å²) in [5.74, 6) is 1.46. The Hall–Kier alpha value is -3.53. The van der Waals surface area contributed by atoms with Gasteiger partial charge < -0.3 is 15.2 Å². The molecular weight excluding hydrogens is 476 g/mol. The summed E-state index contributed by atoms with van der Waals surface area (Å²) in [5, 5.41) is 18.0. The Bertz CT molecular complexity index is 1270. The first kappa shape index (κ1) is 21.7. The zero-order valence-corrected chi connectivity index (χ0v) is 18.7. The maximum absolute atomic E-state index is 12.1. The number of hydrogen-bond donors (Lipinski definition) is 3. The highest BCUT2D eigenvalue weighted by atomic mass is 79.9. The van der Waals surface area contributed by atoms with Gasteiger partial charge in [0.15, 0.2) is 5.82 Å². The second-order valence-corrected chi connectivity index (χ2v) is 8.01. The predicted octanol–water partition coefficient (Wildman–Crippen LogP) is 3.29. The summed E-state index contributed by atoms with van der Waals surface area (Å²) >= 11 is 3.39. The molecule has 4 aromatic rings. The summed E-state index contributed by atoms with van der Waals surface area (Å²) in [6.45, 7) is 1.12. The minimum Gasteiger partial charge on any atom is -0.368 e. The van der Waals surface area contributed by atoms with Crippen LogP contribution >= 0.6 is 15.9 Å². The molecule has 3 N–H and O–H groups in total. The number of carbonyl (C=O) groups excluding carboxylic acids is 1. The summed E-state index contributed by atoms with van der Waals surface area (Å²) in [6.07, 6.45) is 1.34. The SMILES string of the molecule is O=C(CCc1nc(-c2ccc(Br)cc2)no1)NCCCNc1n[nH]c(=O)c2ccccc12. The molecule has 0 aliphatic carbocycles. The van der Waals surface area contributed by atoms with Gasteiger partial charge in [0.25, 0.3) is 5.56 Å². The molecule has 9 nitrogen and oxygen atoms in total. The van der Waals surface area contributed by atoms with Gasteiger partial charge in [-0.2, -0.15) is 10.1 Å². The monoisotopic (exact) mass is 496 g/mol. The van der Waals surface area contributed by atoms with Gasteiger partial charge in [0.05, 0.1) is 5.39 Å². The zero-order chi connectivity index (χ0) is 22.3. The zero-order valence-electron chi connectivity index (χ0n) is 17.1. The third kappa shape index (κ3) is 5.38. The number of aryl methyl sites for hydroxylation is 1. The lowest BCUT2D eigenvalue weighted by molar-refractivity contribution is -0.121. The fourth-order valence-corrected chi connectivity index (χ4v) is 3.42. The van der Waals surface area contributed by atoms with Crippen LogP contribution < -0.4 is 16.2 Å². The molecule has 0 aliphatic rings. The van der Waals surface area contributed by atoms with E-state index >= 15 is 0 Å². The number of halogens is 1. The smallest absolute Gasteiger partial charge is 0.272 e. The first-order chi connectivity index (χ1) is 15.6. The maximum Gasteiger partial charge on any atom is 0.272 e. The number of hydrogen-bond acceptors (Lipinski definition) is 7. The highest BCUT2D eigenvalue weighted by Crippen LogP contribution is 2.19. The van der Waals surface area contributed by atoms with Crippen molar-refractivity contribution in [2.45, 2.75) is 19.3 Å². The van der Waals surface area contributed by atoms with Crippen molar-refractivity contribution >= 4 is 38.4 Å². The van der Waals surface area contributed by atoms with Crippen LogP contribution in [0, 0.1) is 0 Å². The molecule has 0 aliphatic heterocycles. The van der Waals surface area contributed by atoms with E-state index in [1.54, 1.807) is 6.07 Å². The molecule has 164 valence electrons. The van der Waals surface area contributed by atoms with E-state index in [0.29, 0.717) is 48.9 Å². The lowest BCUT2D eigenvalue weighted by atomic mass is 10.2. The average molecular weight is 497 g/mol. The first-order valence-electron chi connectivity index (χ1n) is 10.2. The van der Waals surface area contributed by atoms with Crippen molar-refractivity contribution in [2.24, 2.45) is 0 Å². The van der Waals surface area contributed by atoms with Crippen LogP contribution in [-0.2, 0) is 11.2 Å². The van der Waals surface area contributed by atoms with E-state index in [4.69, 9.17) is 4.52 Å².